The van der Waals surface area contributed by atoms with Gasteiger partial charge in [0, 0.05) is 46.7 Å². The maximum atomic E-state index is 15.3. The lowest BCUT2D eigenvalue weighted by Gasteiger charge is -2.26. The zero-order chi connectivity index (χ0) is 28.7. The third-order valence-electron chi connectivity index (χ3n) is 8.19. The predicted molar refractivity (Wildman–Crippen MR) is 183 cm³/mol. The van der Waals surface area contributed by atoms with E-state index in [2.05, 4.69) is 55.5 Å². The molecule has 0 spiro atoms. The van der Waals surface area contributed by atoms with Gasteiger partial charge >= 0.3 is 0 Å². The van der Waals surface area contributed by atoms with Crippen LogP contribution in [0, 0.1) is 5.92 Å². The van der Waals surface area contributed by atoms with Crippen LogP contribution in [0.15, 0.2) is 151 Å². The monoisotopic (exact) mass is 600 g/mol. The van der Waals surface area contributed by atoms with E-state index in [1.165, 1.54) is 0 Å². The van der Waals surface area contributed by atoms with E-state index in [1.807, 2.05) is 97.1 Å². The lowest BCUT2D eigenvalue weighted by molar-refractivity contribution is 0.586. The van der Waals surface area contributed by atoms with E-state index in [0.29, 0.717) is 5.92 Å². The number of benzene rings is 5. The fourth-order valence-corrected chi connectivity index (χ4v) is 12.8. The molecule has 2 atom stereocenters. The Kier molecular flexibility index (Phi) is 6.99. The molecule has 0 N–H and O–H groups in total. The van der Waals surface area contributed by atoms with Gasteiger partial charge in [-0.1, -0.05) is 116 Å². The molecule has 0 bridgehead atoms. The van der Waals surface area contributed by atoms with Crippen molar-refractivity contribution in [1.29, 1.82) is 0 Å². The van der Waals surface area contributed by atoms with E-state index in [-0.39, 0.29) is 0 Å². The summed E-state index contributed by atoms with van der Waals surface area (Å²) in [6, 6.07) is 42.0. The van der Waals surface area contributed by atoms with Crippen LogP contribution in [0.4, 0.5) is 0 Å². The van der Waals surface area contributed by atoms with Crippen LogP contribution in [-0.2, 0) is 9.13 Å². The van der Waals surface area contributed by atoms with Gasteiger partial charge in [-0.2, -0.15) is 0 Å². The van der Waals surface area contributed by atoms with Gasteiger partial charge in [-0.15, -0.1) is 11.3 Å². The minimum Gasteiger partial charge on any atom is -0.309 e. The molecule has 1 aliphatic carbocycles. The molecule has 2 nitrogen and oxygen atoms in total. The molecule has 6 aromatic rings. The number of hydrogen-bond donors (Lipinski definition) is 0. The summed E-state index contributed by atoms with van der Waals surface area (Å²) in [6.07, 6.45) is 7.05. The fraction of sp³-hybridized carbons (Fsp3) is 0.0811. The van der Waals surface area contributed by atoms with Crippen LogP contribution in [0.25, 0.3) is 20.2 Å². The Bertz CT molecular complexity index is 2030. The molecule has 5 aromatic carbocycles. The number of allylic oxidation sites excluding steroid dienone is 4. The summed E-state index contributed by atoms with van der Waals surface area (Å²) in [4.78, 5) is 0. The van der Waals surface area contributed by atoms with E-state index in [4.69, 9.17) is 0 Å². The van der Waals surface area contributed by atoms with Gasteiger partial charge in [-0.25, -0.2) is 0 Å². The van der Waals surface area contributed by atoms with E-state index in [1.54, 1.807) is 11.3 Å². The molecule has 2 unspecified atom stereocenters. The average Bonchev–Trinajstić information content (AvgIpc) is 3.42. The van der Waals surface area contributed by atoms with Gasteiger partial charge in [0.15, 0.2) is 14.3 Å². The minimum absolute atomic E-state index is 0.334. The third-order valence-corrected chi connectivity index (χ3v) is 15.6. The SMILES string of the molecule is CC1C=CC=C(P(=O)(c2ccccc2)c2ccc3sc4ccc(P(=O)(c5ccccc5)c5ccccc5)cc4c3c2)C1. The molecule has 1 aromatic heterocycles. The Hall–Kier alpha value is -3.74. The van der Waals surface area contributed by atoms with Gasteiger partial charge in [0.2, 0.25) is 0 Å². The summed E-state index contributed by atoms with van der Waals surface area (Å²) in [5, 5.41) is 7.22. The molecule has 0 saturated heterocycles. The topological polar surface area (TPSA) is 34.1 Å². The van der Waals surface area contributed by atoms with Crippen LogP contribution >= 0.6 is 25.6 Å². The first-order valence-electron chi connectivity index (χ1n) is 14.2. The standard InChI is InChI=1S/C37H30O2P2S/c1-27-12-11-19-31(24-27)41(39,30-17-9-4-10-18-30)33-21-23-37-35(26-33)34-25-32(20-22-36(34)42-37)40(38,28-13-5-2-6-14-28)29-15-7-3-8-16-29/h2-23,25-27H,24H2,1H3. The highest BCUT2D eigenvalue weighted by molar-refractivity contribution is 7.85. The highest BCUT2D eigenvalue weighted by Gasteiger charge is 2.34. The van der Waals surface area contributed by atoms with Gasteiger partial charge in [-0.3, -0.25) is 0 Å². The second-order valence-corrected chi connectivity index (χ2v) is 17.6. The Morgan fingerprint density at radius 2 is 1.02 bits per heavy atom. The maximum absolute atomic E-state index is 15.3. The van der Waals surface area contributed by atoms with E-state index >= 15 is 9.13 Å². The largest absolute Gasteiger partial charge is 0.309 e. The first kappa shape index (κ1) is 27.1. The quantitative estimate of drug-likeness (QED) is 0.180. The van der Waals surface area contributed by atoms with Crippen molar-refractivity contribution < 1.29 is 9.13 Å². The predicted octanol–water partition coefficient (Wildman–Crippen LogP) is 8.49. The summed E-state index contributed by atoms with van der Waals surface area (Å²) in [5.74, 6) is 0.334. The molecule has 1 aliphatic rings. The molecule has 0 amide bonds. The van der Waals surface area contributed by atoms with Crippen molar-refractivity contribution in [2.24, 2.45) is 5.92 Å². The highest BCUT2D eigenvalue weighted by Crippen LogP contribution is 2.55. The molecule has 206 valence electrons. The molecular weight excluding hydrogens is 570 g/mol. The lowest BCUT2D eigenvalue weighted by Crippen LogP contribution is -2.24. The van der Waals surface area contributed by atoms with Gasteiger partial charge in [0.25, 0.3) is 0 Å². The zero-order valence-electron chi connectivity index (χ0n) is 23.3. The van der Waals surface area contributed by atoms with Crippen LogP contribution < -0.4 is 26.5 Å². The second-order valence-electron chi connectivity index (χ2n) is 10.9. The molecule has 7 rings (SSSR count). The van der Waals surface area contributed by atoms with Crippen LogP contribution in [0.2, 0.25) is 0 Å². The number of thiophene rings is 1. The van der Waals surface area contributed by atoms with E-state index < -0.39 is 14.3 Å². The van der Waals surface area contributed by atoms with Gasteiger partial charge in [-0.05, 0) is 54.1 Å². The van der Waals surface area contributed by atoms with Gasteiger partial charge in [0.1, 0.15) is 0 Å². The van der Waals surface area contributed by atoms with Crippen molar-refractivity contribution in [2.75, 3.05) is 0 Å². The molecule has 0 aliphatic heterocycles. The molecule has 5 heteroatoms. The summed E-state index contributed by atoms with van der Waals surface area (Å²) >= 11 is 1.72. The fourth-order valence-electron chi connectivity index (χ4n) is 6.04. The number of hydrogen-bond acceptors (Lipinski definition) is 3. The number of fused-ring (bicyclic) bond motifs is 3. The third kappa shape index (κ3) is 4.48. The average molecular weight is 601 g/mol. The Labute approximate surface area is 250 Å². The Morgan fingerprint density at radius 3 is 1.50 bits per heavy atom. The minimum atomic E-state index is -3.12. The summed E-state index contributed by atoms with van der Waals surface area (Å²) in [5.41, 5.74) is 0. The molecule has 0 radical (unpaired) electrons. The van der Waals surface area contributed by atoms with E-state index in [0.717, 1.165) is 58.4 Å². The lowest BCUT2D eigenvalue weighted by atomic mass is 10.0. The number of rotatable bonds is 6. The van der Waals surface area contributed by atoms with Gasteiger partial charge < -0.3 is 9.13 Å². The molecule has 1 heterocycles. The highest BCUT2D eigenvalue weighted by atomic mass is 32.1. The summed E-state index contributed by atoms with van der Waals surface area (Å²) in [7, 11) is -6.20. The summed E-state index contributed by atoms with van der Waals surface area (Å²) < 4.78 is 32.6. The maximum Gasteiger partial charge on any atom is 0.171 e. The van der Waals surface area contributed by atoms with Crippen molar-refractivity contribution in [3.63, 3.8) is 0 Å². The van der Waals surface area contributed by atoms with E-state index in [9.17, 15) is 0 Å². The zero-order valence-corrected chi connectivity index (χ0v) is 25.9. The molecule has 0 saturated carbocycles. The van der Waals surface area contributed by atoms with Gasteiger partial charge in [0.05, 0.1) is 0 Å². The van der Waals surface area contributed by atoms with Crippen molar-refractivity contribution in [2.45, 2.75) is 13.3 Å². The van der Waals surface area contributed by atoms with Crippen molar-refractivity contribution in [3.8, 4) is 0 Å². The van der Waals surface area contributed by atoms with Crippen LogP contribution in [0.3, 0.4) is 0 Å². The molecular formula is C37H30O2P2S. The van der Waals surface area contributed by atoms with Crippen LogP contribution in [0.1, 0.15) is 13.3 Å². The smallest absolute Gasteiger partial charge is 0.171 e. The first-order valence-corrected chi connectivity index (χ1v) is 18.4. The normalized spacial score (nSPS) is 16.8. The second kappa shape index (κ2) is 10.8. The molecule has 0 fully saturated rings. The Morgan fingerprint density at radius 1 is 0.571 bits per heavy atom. The Balaban J connectivity index is 1.45. The van der Waals surface area contributed by atoms with Crippen LogP contribution in [-0.4, -0.2) is 0 Å². The van der Waals surface area contributed by atoms with Crippen molar-refractivity contribution >= 4 is 72.3 Å². The van der Waals surface area contributed by atoms with Crippen molar-refractivity contribution in [3.05, 3.63) is 151 Å². The van der Waals surface area contributed by atoms with Crippen molar-refractivity contribution in [1.82, 2.24) is 0 Å². The first-order chi connectivity index (χ1) is 20.5. The molecule has 42 heavy (non-hydrogen) atoms. The van der Waals surface area contributed by atoms with Crippen LogP contribution in [0.5, 0.6) is 0 Å². The summed E-state index contributed by atoms with van der Waals surface area (Å²) in [6.45, 7) is 2.17.